The molecule has 0 bridgehead atoms. The van der Waals surface area contributed by atoms with Crippen LogP contribution >= 0.6 is 22.6 Å². The van der Waals surface area contributed by atoms with Crippen LogP contribution in [-0.2, 0) is 4.74 Å². The minimum atomic E-state index is -0.155. The van der Waals surface area contributed by atoms with Crippen molar-refractivity contribution in [1.29, 1.82) is 5.41 Å². The molecule has 6 nitrogen and oxygen atoms in total. The van der Waals surface area contributed by atoms with Gasteiger partial charge in [-0.25, -0.2) is 0 Å². The third-order valence-electron chi connectivity index (χ3n) is 4.72. The SMILES string of the molecule is Cc1cnnc(C)c1[C@@H](C)Oc1ccc(NC2CCCCO2)c(C(=N)I)c1. The summed E-state index contributed by atoms with van der Waals surface area (Å²) in [4.78, 5) is 0. The van der Waals surface area contributed by atoms with Gasteiger partial charge in [-0.3, -0.25) is 5.41 Å². The van der Waals surface area contributed by atoms with E-state index in [1.54, 1.807) is 6.20 Å². The number of hydrogen-bond acceptors (Lipinski definition) is 6. The molecule has 1 fully saturated rings. The number of nitrogens with one attached hydrogen (secondary N) is 2. The molecule has 1 unspecified atom stereocenters. The van der Waals surface area contributed by atoms with Gasteiger partial charge in [-0.15, -0.1) is 0 Å². The number of benzene rings is 1. The summed E-state index contributed by atoms with van der Waals surface area (Å²) in [5.74, 6) is 0.727. The maximum atomic E-state index is 8.14. The van der Waals surface area contributed by atoms with E-state index < -0.39 is 0 Å². The first-order chi connectivity index (χ1) is 13.0. The number of halogens is 1. The number of ether oxygens (including phenoxy) is 2. The number of nitrogens with zero attached hydrogens (tertiary/aromatic N) is 2. The molecule has 0 amide bonds. The Balaban J connectivity index is 1.80. The highest BCUT2D eigenvalue weighted by molar-refractivity contribution is 14.1. The smallest absolute Gasteiger partial charge is 0.127 e. The van der Waals surface area contributed by atoms with E-state index in [1.807, 2.05) is 61.6 Å². The zero-order valence-corrected chi connectivity index (χ0v) is 18.0. The second-order valence-corrected chi connectivity index (χ2v) is 7.89. The Hall–Kier alpha value is -1.74. The average Bonchev–Trinajstić information content (AvgIpc) is 2.63. The van der Waals surface area contributed by atoms with Crippen molar-refractivity contribution >= 4 is 32.0 Å². The quantitative estimate of drug-likeness (QED) is 0.453. The summed E-state index contributed by atoms with van der Waals surface area (Å²) in [6, 6.07) is 5.81. The predicted octanol–water partition coefficient (Wildman–Crippen LogP) is 4.93. The van der Waals surface area contributed by atoms with Gasteiger partial charge < -0.3 is 14.8 Å². The normalized spacial score (nSPS) is 18.0. The fourth-order valence-electron chi connectivity index (χ4n) is 3.42. The predicted molar refractivity (Wildman–Crippen MR) is 115 cm³/mol. The fourth-order valence-corrected chi connectivity index (χ4v) is 3.87. The molecule has 2 atom stereocenters. The van der Waals surface area contributed by atoms with Crippen molar-refractivity contribution in [2.24, 2.45) is 0 Å². The topological polar surface area (TPSA) is 80.1 Å². The zero-order valence-electron chi connectivity index (χ0n) is 15.9. The highest BCUT2D eigenvalue weighted by Crippen LogP contribution is 2.30. The summed E-state index contributed by atoms with van der Waals surface area (Å²) in [6.45, 7) is 6.75. The average molecular weight is 480 g/mol. The molecule has 0 aliphatic carbocycles. The second kappa shape index (κ2) is 8.97. The van der Waals surface area contributed by atoms with Gasteiger partial charge in [0.25, 0.3) is 0 Å². The molecular formula is C20H25IN4O2. The first-order valence-electron chi connectivity index (χ1n) is 9.17. The molecule has 27 heavy (non-hydrogen) atoms. The van der Waals surface area contributed by atoms with E-state index in [0.29, 0.717) is 3.72 Å². The Morgan fingerprint density at radius 3 is 2.85 bits per heavy atom. The van der Waals surface area contributed by atoms with Crippen molar-refractivity contribution in [1.82, 2.24) is 10.2 Å². The van der Waals surface area contributed by atoms with E-state index >= 15 is 0 Å². The molecule has 1 aliphatic heterocycles. The zero-order chi connectivity index (χ0) is 19.4. The van der Waals surface area contributed by atoms with Gasteiger partial charge in [-0.05, 0) is 86.4 Å². The summed E-state index contributed by atoms with van der Waals surface area (Å²) in [7, 11) is 0. The van der Waals surface area contributed by atoms with Gasteiger partial charge in [0.15, 0.2) is 0 Å². The minimum Gasteiger partial charge on any atom is -0.486 e. The first kappa shape index (κ1) is 20.0. The van der Waals surface area contributed by atoms with Gasteiger partial charge in [0, 0.05) is 23.4 Å². The third-order valence-corrected chi connectivity index (χ3v) is 5.30. The number of rotatable bonds is 6. The van der Waals surface area contributed by atoms with E-state index in [-0.39, 0.29) is 12.3 Å². The molecule has 2 heterocycles. The Morgan fingerprint density at radius 2 is 2.19 bits per heavy atom. The summed E-state index contributed by atoms with van der Waals surface area (Å²) in [6.07, 6.45) is 4.86. The van der Waals surface area contributed by atoms with Crippen molar-refractivity contribution in [3.63, 3.8) is 0 Å². The molecule has 2 N–H and O–H groups in total. The van der Waals surface area contributed by atoms with Gasteiger partial charge >= 0.3 is 0 Å². The third kappa shape index (κ3) is 4.95. The van der Waals surface area contributed by atoms with Crippen molar-refractivity contribution in [3.05, 3.63) is 46.8 Å². The van der Waals surface area contributed by atoms with Crippen LogP contribution in [0.3, 0.4) is 0 Å². The van der Waals surface area contributed by atoms with Crippen LogP contribution in [0.4, 0.5) is 5.69 Å². The lowest BCUT2D eigenvalue weighted by molar-refractivity contribution is 0.0343. The van der Waals surface area contributed by atoms with Gasteiger partial charge in [0.2, 0.25) is 0 Å². The fraction of sp³-hybridized carbons (Fsp3) is 0.450. The summed E-state index contributed by atoms with van der Waals surface area (Å²) >= 11 is 2.03. The van der Waals surface area contributed by atoms with E-state index in [9.17, 15) is 0 Å². The lowest BCUT2D eigenvalue weighted by atomic mass is 10.0. The summed E-state index contributed by atoms with van der Waals surface area (Å²) in [5, 5.41) is 19.7. The van der Waals surface area contributed by atoms with Crippen molar-refractivity contribution in [3.8, 4) is 5.75 Å². The number of aryl methyl sites for hydroxylation is 2. The van der Waals surface area contributed by atoms with Gasteiger partial charge in [-0.1, -0.05) is 0 Å². The molecular weight excluding hydrogens is 455 g/mol. The van der Waals surface area contributed by atoms with Gasteiger partial charge in [0.1, 0.15) is 21.8 Å². The Morgan fingerprint density at radius 1 is 1.37 bits per heavy atom. The highest BCUT2D eigenvalue weighted by Gasteiger charge is 2.18. The van der Waals surface area contributed by atoms with Crippen LogP contribution in [0, 0.1) is 19.3 Å². The second-order valence-electron chi connectivity index (χ2n) is 6.81. The van der Waals surface area contributed by atoms with Crippen molar-refractivity contribution in [2.45, 2.75) is 52.4 Å². The Bertz CT molecular complexity index is 801. The molecule has 1 aromatic carbocycles. The molecule has 7 heteroatoms. The highest BCUT2D eigenvalue weighted by atomic mass is 127. The molecule has 0 spiro atoms. The Labute approximate surface area is 173 Å². The number of anilines is 1. The van der Waals surface area contributed by atoms with E-state index in [2.05, 4.69) is 15.5 Å². The van der Waals surface area contributed by atoms with E-state index in [1.165, 1.54) is 0 Å². The molecule has 2 aromatic rings. The molecule has 1 aliphatic rings. The molecule has 3 rings (SSSR count). The van der Waals surface area contributed by atoms with Crippen LogP contribution in [0.1, 0.15) is 54.7 Å². The minimum absolute atomic E-state index is 0.00661. The molecule has 0 radical (unpaired) electrons. The summed E-state index contributed by atoms with van der Waals surface area (Å²) in [5.41, 5.74) is 4.70. The monoisotopic (exact) mass is 480 g/mol. The number of aromatic nitrogens is 2. The van der Waals surface area contributed by atoms with Crippen LogP contribution in [0.15, 0.2) is 24.4 Å². The van der Waals surface area contributed by atoms with Gasteiger partial charge in [0.05, 0.1) is 11.9 Å². The summed E-state index contributed by atoms with van der Waals surface area (Å²) < 4.78 is 12.4. The lowest BCUT2D eigenvalue weighted by Crippen LogP contribution is -2.27. The van der Waals surface area contributed by atoms with Crippen LogP contribution in [0.5, 0.6) is 5.75 Å². The molecule has 144 valence electrons. The van der Waals surface area contributed by atoms with Crippen LogP contribution < -0.4 is 10.1 Å². The van der Waals surface area contributed by atoms with Gasteiger partial charge in [-0.2, -0.15) is 10.2 Å². The molecule has 1 saturated heterocycles. The van der Waals surface area contributed by atoms with Crippen LogP contribution in [0.25, 0.3) is 0 Å². The molecule has 1 aromatic heterocycles. The van der Waals surface area contributed by atoms with Crippen LogP contribution in [0.2, 0.25) is 0 Å². The first-order valence-corrected chi connectivity index (χ1v) is 10.3. The number of hydrogen-bond donors (Lipinski definition) is 2. The maximum Gasteiger partial charge on any atom is 0.127 e. The maximum absolute atomic E-state index is 8.14. The van der Waals surface area contributed by atoms with Crippen molar-refractivity contribution < 1.29 is 9.47 Å². The Kier molecular flexibility index (Phi) is 6.64. The van der Waals surface area contributed by atoms with Crippen LogP contribution in [-0.4, -0.2) is 26.8 Å². The van der Waals surface area contributed by atoms with E-state index in [4.69, 9.17) is 14.9 Å². The standard InChI is InChI=1S/C20H25IN4O2/c1-12-11-23-25-13(2)19(12)14(3)27-15-7-8-17(16(10-15)20(21)22)24-18-6-4-5-9-26-18/h7-8,10-11,14,18,22,24H,4-6,9H2,1-3H3/t14-,18?/m1/s1. The molecule has 0 saturated carbocycles. The largest absolute Gasteiger partial charge is 0.486 e. The lowest BCUT2D eigenvalue weighted by Gasteiger charge is -2.26. The van der Waals surface area contributed by atoms with E-state index in [0.717, 1.165) is 59.7 Å². The van der Waals surface area contributed by atoms with Crippen molar-refractivity contribution in [2.75, 3.05) is 11.9 Å².